The molecule has 2 fully saturated rings. The molecule has 2 aliphatic carbocycles. The van der Waals surface area contributed by atoms with Crippen molar-refractivity contribution >= 4 is 0 Å². The van der Waals surface area contributed by atoms with Crippen LogP contribution in [0.4, 0.5) is 0 Å². The zero-order valence-electron chi connectivity index (χ0n) is 9.06. The molecule has 3 unspecified atom stereocenters. The average Bonchev–Trinajstić information content (AvgIpc) is 2.76. The first-order chi connectivity index (χ1) is 7.42. The first-order valence-electron chi connectivity index (χ1n) is 5.85. The maximum atomic E-state index is 4.41. The molecular weight excluding hydrogens is 186 g/mol. The molecule has 0 bridgehead atoms. The Balaban J connectivity index is 1.78. The molecule has 3 nitrogen and oxygen atoms in total. The molecule has 1 aromatic heterocycles. The normalized spacial score (nSPS) is 34.9. The highest BCUT2D eigenvalue weighted by molar-refractivity contribution is 5.14. The topological polar surface area (TPSA) is 37.8 Å². The predicted octanol–water partition coefficient (Wildman–Crippen LogP) is 1.78. The summed E-state index contributed by atoms with van der Waals surface area (Å²) >= 11 is 0. The highest BCUT2D eigenvalue weighted by atomic mass is 15.0. The quantitative estimate of drug-likeness (QED) is 0.813. The fourth-order valence-electron chi connectivity index (χ4n) is 3.38. The lowest BCUT2D eigenvalue weighted by atomic mass is 10.0. The highest BCUT2D eigenvalue weighted by Gasteiger charge is 2.56. The van der Waals surface area contributed by atoms with Gasteiger partial charge in [0.15, 0.2) is 0 Å². The van der Waals surface area contributed by atoms with E-state index < -0.39 is 0 Å². The first-order valence-corrected chi connectivity index (χ1v) is 5.85. The van der Waals surface area contributed by atoms with Crippen LogP contribution >= 0.6 is 0 Å². The number of rotatable bonds is 3. The van der Waals surface area contributed by atoms with Crippen LogP contribution in [0.15, 0.2) is 18.6 Å². The number of fused-ring (bicyclic) bond motifs is 1. The van der Waals surface area contributed by atoms with Gasteiger partial charge in [-0.3, -0.25) is 9.97 Å². The number of hydrogen-bond acceptors (Lipinski definition) is 3. The molecule has 2 aliphatic rings. The molecule has 3 atom stereocenters. The van der Waals surface area contributed by atoms with Crippen LogP contribution in [0.1, 0.15) is 31.0 Å². The second kappa shape index (κ2) is 3.56. The third kappa shape index (κ3) is 1.46. The fourth-order valence-corrected chi connectivity index (χ4v) is 3.38. The number of aromatic nitrogens is 2. The Kier molecular flexibility index (Phi) is 2.20. The molecule has 1 N–H and O–H groups in total. The number of hydrogen-bond donors (Lipinski definition) is 1. The lowest BCUT2D eigenvalue weighted by molar-refractivity contribution is 0.435. The van der Waals surface area contributed by atoms with Gasteiger partial charge in [-0.25, -0.2) is 0 Å². The van der Waals surface area contributed by atoms with E-state index in [0.29, 0.717) is 6.04 Å². The summed E-state index contributed by atoms with van der Waals surface area (Å²) in [6.07, 6.45) is 9.71. The van der Waals surface area contributed by atoms with Crippen molar-refractivity contribution in [3.63, 3.8) is 0 Å². The van der Waals surface area contributed by atoms with Gasteiger partial charge >= 0.3 is 0 Å². The van der Waals surface area contributed by atoms with Crippen LogP contribution in [-0.2, 0) is 0 Å². The SMILES string of the molecule is CNC(c1cnccn1)C1C2CCCC21. The summed E-state index contributed by atoms with van der Waals surface area (Å²) in [5.74, 6) is 2.74. The summed E-state index contributed by atoms with van der Waals surface area (Å²) in [5, 5.41) is 3.41. The van der Waals surface area contributed by atoms with E-state index in [1.807, 2.05) is 13.2 Å². The number of nitrogens with zero attached hydrogens (tertiary/aromatic N) is 2. The minimum atomic E-state index is 0.425. The van der Waals surface area contributed by atoms with Crippen LogP contribution in [-0.4, -0.2) is 17.0 Å². The maximum Gasteiger partial charge on any atom is 0.0759 e. The van der Waals surface area contributed by atoms with E-state index in [-0.39, 0.29) is 0 Å². The van der Waals surface area contributed by atoms with Gasteiger partial charge in [-0.2, -0.15) is 0 Å². The molecule has 0 aromatic carbocycles. The molecule has 3 heteroatoms. The Hall–Kier alpha value is -0.960. The fraction of sp³-hybridized carbons (Fsp3) is 0.667. The monoisotopic (exact) mass is 203 g/mol. The van der Waals surface area contributed by atoms with E-state index in [9.17, 15) is 0 Å². The van der Waals surface area contributed by atoms with Crippen molar-refractivity contribution in [1.82, 2.24) is 15.3 Å². The summed E-state index contributed by atoms with van der Waals surface area (Å²) in [5.41, 5.74) is 1.11. The van der Waals surface area contributed by atoms with Crippen molar-refractivity contribution < 1.29 is 0 Å². The van der Waals surface area contributed by atoms with Crippen LogP contribution in [0.3, 0.4) is 0 Å². The molecule has 3 rings (SSSR count). The molecule has 1 aromatic rings. The molecule has 0 aliphatic heterocycles. The van der Waals surface area contributed by atoms with Gasteiger partial charge < -0.3 is 5.32 Å². The Bertz CT molecular complexity index is 328. The molecule has 0 saturated heterocycles. The zero-order valence-corrected chi connectivity index (χ0v) is 9.06. The van der Waals surface area contributed by atoms with Gasteiger partial charge in [0.1, 0.15) is 0 Å². The van der Waals surface area contributed by atoms with Crippen molar-refractivity contribution in [2.45, 2.75) is 25.3 Å². The van der Waals surface area contributed by atoms with Crippen LogP contribution in [0, 0.1) is 17.8 Å². The largest absolute Gasteiger partial charge is 0.311 e. The Morgan fingerprint density at radius 3 is 2.73 bits per heavy atom. The second-order valence-electron chi connectivity index (χ2n) is 4.73. The summed E-state index contributed by atoms with van der Waals surface area (Å²) in [6.45, 7) is 0. The lowest BCUT2D eigenvalue weighted by Gasteiger charge is -2.16. The predicted molar refractivity (Wildman–Crippen MR) is 58.2 cm³/mol. The van der Waals surface area contributed by atoms with E-state index >= 15 is 0 Å². The minimum Gasteiger partial charge on any atom is -0.311 e. The highest BCUT2D eigenvalue weighted by Crippen LogP contribution is 2.61. The van der Waals surface area contributed by atoms with E-state index in [4.69, 9.17) is 0 Å². The maximum absolute atomic E-state index is 4.41. The first kappa shape index (κ1) is 9.28. The standard InChI is InChI=1S/C12H17N3/c1-13-12(10-7-14-5-6-15-10)11-8-3-2-4-9(8)11/h5-9,11-13H,2-4H2,1H3. The molecule has 0 spiro atoms. The Morgan fingerprint density at radius 1 is 1.33 bits per heavy atom. The van der Waals surface area contributed by atoms with E-state index in [2.05, 4.69) is 15.3 Å². The second-order valence-corrected chi connectivity index (χ2v) is 4.73. The molecule has 15 heavy (non-hydrogen) atoms. The number of nitrogens with one attached hydrogen (secondary N) is 1. The van der Waals surface area contributed by atoms with Crippen molar-refractivity contribution in [1.29, 1.82) is 0 Å². The van der Waals surface area contributed by atoms with Crippen molar-refractivity contribution in [2.24, 2.45) is 17.8 Å². The third-order valence-corrected chi connectivity index (χ3v) is 4.07. The minimum absolute atomic E-state index is 0.425. The van der Waals surface area contributed by atoms with Gasteiger partial charge in [-0.1, -0.05) is 6.42 Å². The van der Waals surface area contributed by atoms with E-state index in [1.165, 1.54) is 19.3 Å². The van der Waals surface area contributed by atoms with Gasteiger partial charge in [0, 0.05) is 18.6 Å². The molecule has 80 valence electrons. The molecule has 1 heterocycles. The zero-order chi connectivity index (χ0) is 10.3. The van der Waals surface area contributed by atoms with Crippen LogP contribution in [0.25, 0.3) is 0 Å². The van der Waals surface area contributed by atoms with Crippen LogP contribution < -0.4 is 5.32 Å². The van der Waals surface area contributed by atoms with Crippen LogP contribution in [0.2, 0.25) is 0 Å². The van der Waals surface area contributed by atoms with E-state index in [1.54, 1.807) is 12.4 Å². The van der Waals surface area contributed by atoms with Gasteiger partial charge in [0.25, 0.3) is 0 Å². The summed E-state index contributed by atoms with van der Waals surface area (Å²) in [7, 11) is 2.04. The van der Waals surface area contributed by atoms with Gasteiger partial charge in [0.05, 0.1) is 11.7 Å². The summed E-state index contributed by atoms with van der Waals surface area (Å²) in [6, 6.07) is 0.425. The van der Waals surface area contributed by atoms with Gasteiger partial charge in [-0.05, 0) is 37.6 Å². The smallest absolute Gasteiger partial charge is 0.0759 e. The Labute approximate surface area is 90.3 Å². The summed E-state index contributed by atoms with van der Waals surface area (Å²) < 4.78 is 0. The van der Waals surface area contributed by atoms with E-state index in [0.717, 1.165) is 23.4 Å². The van der Waals surface area contributed by atoms with Crippen molar-refractivity contribution in [2.75, 3.05) is 7.05 Å². The third-order valence-electron chi connectivity index (χ3n) is 4.07. The van der Waals surface area contributed by atoms with Crippen molar-refractivity contribution in [3.05, 3.63) is 24.3 Å². The average molecular weight is 203 g/mol. The van der Waals surface area contributed by atoms with Crippen molar-refractivity contribution in [3.8, 4) is 0 Å². The molecule has 0 radical (unpaired) electrons. The van der Waals surface area contributed by atoms with Gasteiger partial charge in [-0.15, -0.1) is 0 Å². The van der Waals surface area contributed by atoms with Gasteiger partial charge in [0.2, 0.25) is 0 Å². The Morgan fingerprint density at radius 2 is 2.13 bits per heavy atom. The molecular formula is C12H17N3. The molecule has 0 amide bonds. The molecule has 2 saturated carbocycles. The lowest BCUT2D eigenvalue weighted by Crippen LogP contribution is -2.21. The summed E-state index contributed by atoms with van der Waals surface area (Å²) in [4.78, 5) is 8.57. The van der Waals surface area contributed by atoms with Crippen LogP contribution in [0.5, 0.6) is 0 Å².